The van der Waals surface area contributed by atoms with E-state index < -0.39 is 0 Å². The molecule has 1 heterocycles. The molecule has 0 aromatic rings. The third-order valence-corrected chi connectivity index (χ3v) is 3.10. The molecule has 1 saturated heterocycles. The minimum atomic E-state index is -0.284. The summed E-state index contributed by atoms with van der Waals surface area (Å²) in [6.07, 6.45) is 3.80. The summed E-state index contributed by atoms with van der Waals surface area (Å²) in [5.74, 6) is 0.0536. The summed E-state index contributed by atoms with van der Waals surface area (Å²) < 4.78 is 0. The highest BCUT2D eigenvalue weighted by molar-refractivity contribution is 5.81. The summed E-state index contributed by atoms with van der Waals surface area (Å²) in [5, 5.41) is 2.85. The van der Waals surface area contributed by atoms with Crippen LogP contribution in [0, 0.1) is 5.92 Å². The van der Waals surface area contributed by atoms with Gasteiger partial charge in [-0.05, 0) is 25.7 Å². The van der Waals surface area contributed by atoms with Gasteiger partial charge in [0.25, 0.3) is 0 Å². The predicted octanol–water partition coefficient (Wildman–Crippen LogP) is -0.580. The van der Waals surface area contributed by atoms with E-state index >= 15 is 0 Å². The second-order valence-corrected chi connectivity index (χ2v) is 4.35. The molecule has 0 aromatic carbocycles. The van der Waals surface area contributed by atoms with E-state index in [0.717, 1.165) is 32.2 Å². The van der Waals surface area contributed by atoms with Gasteiger partial charge in [0.15, 0.2) is 0 Å². The van der Waals surface area contributed by atoms with Crippen molar-refractivity contribution in [2.75, 3.05) is 13.2 Å². The Morgan fingerprint density at radius 1 is 1.33 bits per heavy atom. The number of likely N-dealkylation sites (tertiary alicyclic amines) is 1. The third-order valence-electron chi connectivity index (χ3n) is 3.10. The van der Waals surface area contributed by atoms with Crippen molar-refractivity contribution in [3.8, 4) is 0 Å². The summed E-state index contributed by atoms with van der Waals surface area (Å²) in [7, 11) is 0. The fraction of sp³-hybridized carbons (Fsp3) is 0.800. The van der Waals surface area contributed by atoms with Crippen molar-refractivity contribution in [2.24, 2.45) is 11.7 Å². The van der Waals surface area contributed by atoms with Crippen LogP contribution in [0.5, 0.6) is 0 Å². The molecule has 1 atom stereocenters. The monoisotopic (exact) mass is 211 g/mol. The molecule has 2 aliphatic rings. The number of rotatable bonds is 4. The summed E-state index contributed by atoms with van der Waals surface area (Å²) in [6, 6.07) is -0.190. The molecule has 2 rings (SSSR count). The van der Waals surface area contributed by atoms with Gasteiger partial charge in [-0.1, -0.05) is 0 Å². The zero-order chi connectivity index (χ0) is 10.8. The molecule has 1 saturated carbocycles. The van der Waals surface area contributed by atoms with Gasteiger partial charge in [-0.2, -0.15) is 0 Å². The van der Waals surface area contributed by atoms with Gasteiger partial charge in [0.1, 0.15) is 0 Å². The van der Waals surface area contributed by atoms with E-state index in [9.17, 15) is 9.59 Å². The highest BCUT2D eigenvalue weighted by atomic mass is 16.2. The predicted molar refractivity (Wildman–Crippen MR) is 54.7 cm³/mol. The van der Waals surface area contributed by atoms with Crippen LogP contribution in [0.15, 0.2) is 0 Å². The lowest BCUT2D eigenvalue weighted by atomic mass is 10.2. The average molecular weight is 211 g/mol. The van der Waals surface area contributed by atoms with Crippen LogP contribution in [-0.4, -0.2) is 36.0 Å². The Balaban J connectivity index is 1.77. The van der Waals surface area contributed by atoms with Crippen LogP contribution in [0.4, 0.5) is 0 Å². The molecule has 0 spiro atoms. The van der Waals surface area contributed by atoms with E-state index in [1.165, 1.54) is 0 Å². The Morgan fingerprint density at radius 3 is 2.67 bits per heavy atom. The maximum atomic E-state index is 11.4. The van der Waals surface area contributed by atoms with Crippen LogP contribution < -0.4 is 11.1 Å². The molecule has 3 N–H and O–H groups in total. The normalized spacial score (nSPS) is 26.5. The van der Waals surface area contributed by atoms with E-state index in [-0.39, 0.29) is 23.8 Å². The third kappa shape index (κ3) is 2.47. The molecule has 1 aliphatic carbocycles. The number of primary amides is 1. The van der Waals surface area contributed by atoms with Gasteiger partial charge >= 0.3 is 0 Å². The summed E-state index contributed by atoms with van der Waals surface area (Å²) in [6.45, 7) is 1.31. The highest BCUT2D eigenvalue weighted by Gasteiger charge is 2.32. The van der Waals surface area contributed by atoms with Crippen molar-refractivity contribution in [1.82, 2.24) is 10.2 Å². The second-order valence-electron chi connectivity index (χ2n) is 4.35. The zero-order valence-corrected chi connectivity index (χ0v) is 8.74. The Kier molecular flexibility index (Phi) is 2.90. The van der Waals surface area contributed by atoms with Crippen molar-refractivity contribution >= 4 is 11.8 Å². The fourth-order valence-electron chi connectivity index (χ4n) is 2.01. The SMILES string of the molecule is NC(=O)[C@@H]1CCCN1CNC(=O)C1CC1. The molecular weight excluding hydrogens is 194 g/mol. The van der Waals surface area contributed by atoms with Gasteiger partial charge in [-0.15, -0.1) is 0 Å². The van der Waals surface area contributed by atoms with E-state index in [4.69, 9.17) is 5.73 Å². The molecule has 0 aromatic heterocycles. The lowest BCUT2D eigenvalue weighted by Gasteiger charge is -2.21. The van der Waals surface area contributed by atoms with Crippen molar-refractivity contribution < 1.29 is 9.59 Å². The molecule has 1 aliphatic heterocycles. The van der Waals surface area contributed by atoms with Gasteiger partial charge in [0, 0.05) is 12.5 Å². The highest BCUT2D eigenvalue weighted by Crippen LogP contribution is 2.28. The number of amides is 2. The first-order chi connectivity index (χ1) is 7.18. The van der Waals surface area contributed by atoms with Gasteiger partial charge in [0.2, 0.25) is 11.8 Å². The number of hydrogen-bond acceptors (Lipinski definition) is 3. The van der Waals surface area contributed by atoms with Crippen molar-refractivity contribution in [1.29, 1.82) is 0 Å². The maximum absolute atomic E-state index is 11.4. The van der Waals surface area contributed by atoms with Crippen LogP contribution >= 0.6 is 0 Å². The van der Waals surface area contributed by atoms with Crippen molar-refractivity contribution in [3.05, 3.63) is 0 Å². The van der Waals surface area contributed by atoms with Gasteiger partial charge in [-0.25, -0.2) is 0 Å². The van der Waals surface area contributed by atoms with Crippen LogP contribution in [0.2, 0.25) is 0 Å². The van der Waals surface area contributed by atoms with E-state index in [1.54, 1.807) is 0 Å². The lowest BCUT2D eigenvalue weighted by Crippen LogP contribution is -2.46. The smallest absolute Gasteiger partial charge is 0.234 e. The first kappa shape index (κ1) is 10.4. The number of nitrogens with zero attached hydrogens (tertiary/aromatic N) is 1. The molecule has 2 amide bonds. The van der Waals surface area contributed by atoms with Crippen molar-refractivity contribution in [3.63, 3.8) is 0 Å². The van der Waals surface area contributed by atoms with Gasteiger partial charge < -0.3 is 11.1 Å². The number of carbonyl (C=O) groups excluding carboxylic acids is 2. The number of nitrogens with two attached hydrogens (primary N) is 1. The number of carbonyl (C=O) groups is 2. The summed E-state index contributed by atoms with van der Waals surface area (Å²) in [4.78, 5) is 24.4. The maximum Gasteiger partial charge on any atom is 0.234 e. The molecule has 0 unspecified atom stereocenters. The number of nitrogens with one attached hydrogen (secondary N) is 1. The largest absolute Gasteiger partial charge is 0.368 e. The molecule has 0 bridgehead atoms. The topological polar surface area (TPSA) is 75.4 Å². The first-order valence-electron chi connectivity index (χ1n) is 5.49. The molecule has 5 heteroatoms. The second kappa shape index (κ2) is 4.18. The van der Waals surface area contributed by atoms with E-state index in [0.29, 0.717) is 6.67 Å². The number of hydrogen-bond donors (Lipinski definition) is 2. The summed E-state index contributed by atoms with van der Waals surface area (Å²) >= 11 is 0. The fourth-order valence-corrected chi connectivity index (χ4v) is 2.01. The quantitative estimate of drug-likeness (QED) is 0.653. The summed E-state index contributed by atoms with van der Waals surface area (Å²) in [5.41, 5.74) is 5.27. The Hall–Kier alpha value is -1.10. The Bertz CT molecular complexity index is 276. The average Bonchev–Trinajstić information content (AvgIpc) is 2.93. The molecule has 5 nitrogen and oxygen atoms in total. The van der Waals surface area contributed by atoms with Crippen molar-refractivity contribution in [2.45, 2.75) is 31.7 Å². The van der Waals surface area contributed by atoms with Crippen LogP contribution in [-0.2, 0) is 9.59 Å². The molecule has 0 radical (unpaired) electrons. The molecular formula is C10H17N3O2. The molecule has 2 fully saturated rings. The first-order valence-corrected chi connectivity index (χ1v) is 5.49. The molecule has 15 heavy (non-hydrogen) atoms. The van der Waals surface area contributed by atoms with Crippen LogP contribution in [0.1, 0.15) is 25.7 Å². The lowest BCUT2D eigenvalue weighted by molar-refractivity contribution is -0.125. The Morgan fingerprint density at radius 2 is 2.07 bits per heavy atom. The van der Waals surface area contributed by atoms with E-state index in [2.05, 4.69) is 5.32 Å². The van der Waals surface area contributed by atoms with Crippen LogP contribution in [0.25, 0.3) is 0 Å². The minimum Gasteiger partial charge on any atom is -0.368 e. The van der Waals surface area contributed by atoms with Gasteiger partial charge in [-0.3, -0.25) is 14.5 Å². The molecule has 84 valence electrons. The zero-order valence-electron chi connectivity index (χ0n) is 8.74. The standard InChI is InChI=1S/C10H17N3O2/c11-9(14)8-2-1-5-13(8)6-12-10(15)7-3-4-7/h7-8H,1-6H2,(H2,11,14)(H,12,15)/t8-/m0/s1. The van der Waals surface area contributed by atoms with Crippen LogP contribution in [0.3, 0.4) is 0 Å². The Labute approximate surface area is 89.0 Å². The van der Waals surface area contributed by atoms with E-state index in [1.807, 2.05) is 4.90 Å². The van der Waals surface area contributed by atoms with Gasteiger partial charge in [0.05, 0.1) is 12.7 Å². The minimum absolute atomic E-state index is 0.116.